The van der Waals surface area contributed by atoms with Gasteiger partial charge in [0.25, 0.3) is 0 Å². The molecule has 0 aromatic heterocycles. The van der Waals surface area contributed by atoms with Crippen molar-refractivity contribution in [3.05, 3.63) is 58.7 Å². The maximum absolute atomic E-state index is 3.85. The van der Waals surface area contributed by atoms with E-state index in [4.69, 9.17) is 0 Å². The first-order chi connectivity index (χ1) is 23.3. The van der Waals surface area contributed by atoms with E-state index in [0.29, 0.717) is 0 Å². The molecule has 0 bridgehead atoms. The summed E-state index contributed by atoms with van der Waals surface area (Å²) in [5.74, 6) is 15.1. The molecule has 0 nitrogen and oxygen atoms in total. The van der Waals surface area contributed by atoms with Gasteiger partial charge in [0.2, 0.25) is 0 Å². The number of benzene rings is 4. The van der Waals surface area contributed by atoms with Gasteiger partial charge in [0.15, 0.2) is 0 Å². The molecule has 0 aliphatic carbocycles. The highest BCUT2D eigenvalue weighted by Crippen LogP contribution is 2.42. The van der Waals surface area contributed by atoms with Gasteiger partial charge in [0, 0.05) is 22.3 Å². The smallest absolute Gasteiger partial charge is 0.126 e. The molecule has 4 aromatic rings. The lowest BCUT2D eigenvalue weighted by molar-refractivity contribution is 0.730. The fourth-order valence-electron chi connectivity index (χ4n) is 5.05. The molecule has 4 aromatic carbocycles. The summed E-state index contributed by atoms with van der Waals surface area (Å²) < 4.78 is 0. The first-order valence-electron chi connectivity index (χ1n) is 19.2. The molecule has 0 saturated carbocycles. The Morgan fingerprint density at radius 2 is 0.500 bits per heavy atom. The quantitative estimate of drug-likeness (QED) is 0.0953. The lowest BCUT2D eigenvalue weighted by atomic mass is 9.86. The van der Waals surface area contributed by atoms with E-state index in [1.807, 2.05) is 0 Å². The Kier molecular flexibility index (Phi) is 10.8. The van der Waals surface area contributed by atoms with Gasteiger partial charge in [-0.3, -0.25) is 0 Å². The fraction of sp³-hybridized carbons (Fsp3) is 0.500. The van der Waals surface area contributed by atoms with Crippen molar-refractivity contribution in [2.24, 2.45) is 0 Å². The average molecular weight is 755 g/mol. The minimum Gasteiger partial charge on any atom is -0.126 e. The maximum Gasteiger partial charge on any atom is 0.138 e. The zero-order chi connectivity index (χ0) is 39.7. The van der Waals surface area contributed by atoms with Crippen LogP contribution in [0, 0.1) is 45.9 Å². The summed E-state index contributed by atoms with van der Waals surface area (Å²) in [7, 11) is -7.48. The highest BCUT2D eigenvalue weighted by atomic mass is 28.3. The van der Waals surface area contributed by atoms with Gasteiger partial charge in [-0.2, -0.15) is 0 Å². The average Bonchev–Trinajstić information content (AvgIpc) is 2.98. The van der Waals surface area contributed by atoms with E-state index < -0.39 is 32.3 Å². The standard InChI is InChI=1S/C48H66Si4/c1-45(2,3)49(13,14)29-25-35-33-36(26-30-50(15,16)46(4,5)6)40-23-24-42-38(28-32-52(19,20)48(10,11)12)34-37(27-31-51(17,18)47(7,8)9)41-22-21-39(35)43(40)44(41)42/h21-24,33-34H,1-20H3. The van der Waals surface area contributed by atoms with Crippen molar-refractivity contribution in [3.8, 4) is 45.9 Å². The van der Waals surface area contributed by atoms with E-state index >= 15 is 0 Å². The van der Waals surface area contributed by atoms with Gasteiger partial charge < -0.3 is 0 Å². The summed E-state index contributed by atoms with van der Waals surface area (Å²) >= 11 is 0. The lowest BCUT2D eigenvalue weighted by Crippen LogP contribution is -2.35. The van der Waals surface area contributed by atoms with Gasteiger partial charge in [-0.25, -0.2) is 0 Å². The van der Waals surface area contributed by atoms with Gasteiger partial charge in [-0.1, -0.05) is 183 Å². The van der Waals surface area contributed by atoms with Crippen LogP contribution in [-0.4, -0.2) is 32.3 Å². The third-order valence-corrected chi connectivity index (χ3v) is 31.4. The van der Waals surface area contributed by atoms with Crippen molar-refractivity contribution in [1.29, 1.82) is 0 Å². The third kappa shape index (κ3) is 8.08. The van der Waals surface area contributed by atoms with Gasteiger partial charge in [0.05, 0.1) is 0 Å². The molecule has 0 heterocycles. The molecule has 0 fully saturated rings. The Labute approximate surface area is 323 Å². The van der Waals surface area contributed by atoms with Crippen LogP contribution in [0.1, 0.15) is 105 Å². The van der Waals surface area contributed by atoms with Crippen LogP contribution in [0.15, 0.2) is 36.4 Å². The Balaban J connectivity index is 2.26. The third-order valence-electron chi connectivity index (χ3n) is 13.4. The minimum absolute atomic E-state index is 0.171. The predicted molar refractivity (Wildman–Crippen MR) is 246 cm³/mol. The van der Waals surface area contributed by atoms with Crippen LogP contribution in [0.4, 0.5) is 0 Å². The van der Waals surface area contributed by atoms with Crippen LogP contribution in [0.2, 0.25) is 72.5 Å². The first-order valence-corrected chi connectivity index (χ1v) is 31.2. The van der Waals surface area contributed by atoms with Crippen molar-refractivity contribution < 1.29 is 0 Å². The van der Waals surface area contributed by atoms with Crippen LogP contribution < -0.4 is 0 Å². The van der Waals surface area contributed by atoms with E-state index in [2.05, 4.69) is 218 Å². The summed E-state index contributed by atoms with van der Waals surface area (Å²) in [6.45, 7) is 47.3. The predicted octanol–water partition coefficient (Wildman–Crippen LogP) is 14.2. The van der Waals surface area contributed by atoms with E-state index in [9.17, 15) is 0 Å². The molecule has 0 unspecified atom stereocenters. The summed E-state index contributed by atoms with van der Waals surface area (Å²) in [4.78, 5) is 0. The Bertz CT molecular complexity index is 1970. The van der Waals surface area contributed by atoms with Crippen LogP contribution in [-0.2, 0) is 0 Å². The van der Waals surface area contributed by atoms with Crippen molar-refractivity contribution in [1.82, 2.24) is 0 Å². The summed E-state index contributed by atoms with van der Waals surface area (Å²) in [5.41, 5.74) is 19.7. The molecular formula is C48H66Si4. The summed E-state index contributed by atoms with van der Waals surface area (Å²) in [5, 5.41) is 8.00. The lowest BCUT2D eigenvalue weighted by Gasteiger charge is -2.31. The molecule has 0 N–H and O–H groups in total. The highest BCUT2D eigenvalue weighted by Gasteiger charge is 2.36. The SMILES string of the molecule is CC(C)(C)[Si](C)(C)C#Cc1cc(C#C[Si](C)(C)C(C)(C)C)c2ccc3c(C#C[Si](C)(C)C(C)(C)C)cc(C#C[Si](C)(C)C(C)(C)C)c4ccc1c2c43. The van der Waals surface area contributed by atoms with Gasteiger partial charge in [0.1, 0.15) is 32.3 Å². The molecule has 4 rings (SSSR count). The maximum atomic E-state index is 3.85. The Morgan fingerprint density at radius 1 is 0.327 bits per heavy atom. The Hall–Kier alpha value is -2.97. The Morgan fingerprint density at radius 3 is 0.654 bits per heavy atom. The number of hydrogen-bond donors (Lipinski definition) is 0. The van der Waals surface area contributed by atoms with Crippen molar-refractivity contribution in [2.45, 2.75) is 156 Å². The molecule has 0 spiro atoms. The van der Waals surface area contributed by atoms with Crippen LogP contribution in [0.5, 0.6) is 0 Å². The number of rotatable bonds is 0. The zero-order valence-electron chi connectivity index (χ0n) is 36.5. The van der Waals surface area contributed by atoms with Gasteiger partial charge in [-0.05, 0) is 64.6 Å². The first kappa shape index (κ1) is 41.8. The molecule has 4 heteroatoms. The van der Waals surface area contributed by atoms with Gasteiger partial charge in [-0.15, -0.1) is 22.2 Å². The summed E-state index contributed by atoms with van der Waals surface area (Å²) in [6.07, 6.45) is 0. The van der Waals surface area contributed by atoms with Crippen LogP contribution >= 0.6 is 0 Å². The van der Waals surface area contributed by atoms with E-state index in [-0.39, 0.29) is 20.2 Å². The van der Waals surface area contributed by atoms with Crippen LogP contribution in [0.3, 0.4) is 0 Å². The molecule has 274 valence electrons. The zero-order valence-corrected chi connectivity index (χ0v) is 40.5. The van der Waals surface area contributed by atoms with Crippen molar-refractivity contribution in [2.75, 3.05) is 0 Å². The molecule has 0 amide bonds. The molecule has 0 aliphatic rings. The second kappa shape index (κ2) is 13.4. The van der Waals surface area contributed by atoms with Crippen molar-refractivity contribution >= 4 is 64.6 Å². The monoisotopic (exact) mass is 754 g/mol. The molecule has 0 saturated heterocycles. The van der Waals surface area contributed by atoms with E-state index in [1.54, 1.807) is 0 Å². The molecular weight excluding hydrogens is 689 g/mol. The van der Waals surface area contributed by atoms with Gasteiger partial charge >= 0.3 is 0 Å². The van der Waals surface area contributed by atoms with Crippen LogP contribution in [0.25, 0.3) is 32.3 Å². The normalized spacial score (nSPS) is 13.5. The second-order valence-corrected chi connectivity index (χ2v) is 41.5. The largest absolute Gasteiger partial charge is 0.138 e. The van der Waals surface area contributed by atoms with Crippen molar-refractivity contribution in [3.63, 3.8) is 0 Å². The molecule has 0 radical (unpaired) electrons. The molecule has 0 atom stereocenters. The highest BCUT2D eigenvalue weighted by molar-refractivity contribution is 6.89. The summed E-state index contributed by atoms with van der Waals surface area (Å²) in [6, 6.07) is 13.8. The van der Waals surface area contributed by atoms with E-state index in [1.165, 1.54) is 32.3 Å². The number of hydrogen-bond acceptors (Lipinski definition) is 0. The van der Waals surface area contributed by atoms with E-state index in [0.717, 1.165) is 22.3 Å². The fourth-order valence-corrected chi connectivity index (χ4v) is 8.34. The topological polar surface area (TPSA) is 0 Å². The minimum atomic E-state index is -1.87. The molecule has 52 heavy (non-hydrogen) atoms. The second-order valence-electron chi connectivity index (χ2n) is 21.5. The molecule has 0 aliphatic heterocycles.